The fraction of sp³-hybridized carbons (Fsp3) is 0.571. The van der Waals surface area contributed by atoms with Gasteiger partial charge in [-0.2, -0.15) is 0 Å². The Bertz CT molecular complexity index is 592. The van der Waals surface area contributed by atoms with Crippen LogP contribution in [0.2, 0.25) is 5.02 Å². The van der Waals surface area contributed by atoms with Gasteiger partial charge in [-0.05, 0) is 37.6 Å². The van der Waals surface area contributed by atoms with Crippen LogP contribution in [0.1, 0.15) is 25.8 Å². The average molecular weight is 333 g/mol. The first-order chi connectivity index (χ1) is 9.94. The summed E-state index contributed by atoms with van der Waals surface area (Å²) >= 11 is 6.07. The van der Waals surface area contributed by atoms with Crippen LogP contribution in [0.5, 0.6) is 0 Å². The highest BCUT2D eigenvalue weighted by atomic mass is 35.5. The Morgan fingerprint density at radius 1 is 1.43 bits per heavy atom. The molecule has 2 atom stereocenters. The summed E-state index contributed by atoms with van der Waals surface area (Å²) in [6.45, 7) is 5.86. The van der Waals surface area contributed by atoms with Crippen LogP contribution in [0.25, 0.3) is 0 Å². The lowest BCUT2D eigenvalue weighted by Crippen LogP contribution is -2.39. The van der Waals surface area contributed by atoms with E-state index in [1.165, 1.54) is 0 Å². The largest absolute Gasteiger partial charge is 0.377 e. The molecule has 2 rings (SSSR count). The summed E-state index contributed by atoms with van der Waals surface area (Å²) in [4.78, 5) is 0.124. The van der Waals surface area contributed by atoms with E-state index in [9.17, 15) is 8.42 Å². The van der Waals surface area contributed by atoms with Gasteiger partial charge in [0.15, 0.2) is 0 Å². The zero-order chi connectivity index (χ0) is 15.5. The summed E-state index contributed by atoms with van der Waals surface area (Å²) in [5.41, 5.74) is 0.886. The third-order valence-corrected chi connectivity index (χ3v) is 5.52. The monoisotopic (exact) mass is 332 g/mol. The Hall–Kier alpha value is -0.660. The highest BCUT2D eigenvalue weighted by molar-refractivity contribution is 7.89. The molecule has 1 saturated heterocycles. The lowest BCUT2D eigenvalue weighted by atomic mass is 10.2. The Balaban J connectivity index is 2.22. The van der Waals surface area contributed by atoms with Crippen molar-refractivity contribution in [2.75, 3.05) is 13.2 Å². The molecule has 1 aliphatic rings. The Kier molecular flexibility index (Phi) is 5.62. The zero-order valence-corrected chi connectivity index (χ0v) is 13.8. The summed E-state index contributed by atoms with van der Waals surface area (Å²) in [7, 11) is -3.64. The second-order valence-corrected chi connectivity index (χ2v) is 7.23. The topological polar surface area (TPSA) is 67.4 Å². The third kappa shape index (κ3) is 4.17. The first-order valence-corrected chi connectivity index (χ1v) is 8.93. The van der Waals surface area contributed by atoms with Gasteiger partial charge in [-0.1, -0.05) is 24.6 Å². The van der Waals surface area contributed by atoms with Crippen molar-refractivity contribution in [2.45, 2.75) is 43.9 Å². The molecule has 2 unspecified atom stereocenters. The van der Waals surface area contributed by atoms with Crippen molar-refractivity contribution >= 4 is 21.6 Å². The van der Waals surface area contributed by atoms with E-state index in [2.05, 4.69) is 10.0 Å². The van der Waals surface area contributed by atoms with E-state index >= 15 is 0 Å². The molecule has 0 spiro atoms. The van der Waals surface area contributed by atoms with Gasteiger partial charge >= 0.3 is 0 Å². The molecule has 2 N–H and O–H groups in total. The SMILES string of the molecule is CCNCc1ccc(Cl)c(S(=O)(=O)NC2CCOC2C)c1. The van der Waals surface area contributed by atoms with E-state index in [1.807, 2.05) is 19.9 Å². The summed E-state index contributed by atoms with van der Waals surface area (Å²) in [5.74, 6) is 0. The number of sulfonamides is 1. The van der Waals surface area contributed by atoms with Gasteiger partial charge in [-0.25, -0.2) is 13.1 Å². The second-order valence-electron chi connectivity index (χ2n) is 5.14. The van der Waals surface area contributed by atoms with Gasteiger partial charge in [0.1, 0.15) is 4.90 Å². The van der Waals surface area contributed by atoms with Crippen molar-refractivity contribution in [3.05, 3.63) is 28.8 Å². The van der Waals surface area contributed by atoms with Crippen LogP contribution in [-0.2, 0) is 21.3 Å². The molecule has 1 aromatic carbocycles. The maximum Gasteiger partial charge on any atom is 0.242 e. The fourth-order valence-corrected chi connectivity index (χ4v) is 4.17. The molecular formula is C14H21ClN2O3S. The lowest BCUT2D eigenvalue weighted by Gasteiger charge is -2.17. The summed E-state index contributed by atoms with van der Waals surface area (Å²) in [6.07, 6.45) is 0.554. The number of hydrogen-bond acceptors (Lipinski definition) is 4. The van der Waals surface area contributed by atoms with Crippen LogP contribution < -0.4 is 10.0 Å². The van der Waals surface area contributed by atoms with Gasteiger partial charge < -0.3 is 10.1 Å². The average Bonchev–Trinajstić information content (AvgIpc) is 2.82. The quantitative estimate of drug-likeness (QED) is 0.835. The molecule has 21 heavy (non-hydrogen) atoms. The van der Waals surface area contributed by atoms with Crippen LogP contribution >= 0.6 is 11.6 Å². The predicted molar refractivity (Wildman–Crippen MR) is 83.0 cm³/mol. The molecule has 5 nitrogen and oxygen atoms in total. The van der Waals surface area contributed by atoms with Crippen LogP contribution in [0.3, 0.4) is 0 Å². The van der Waals surface area contributed by atoms with E-state index in [1.54, 1.807) is 12.1 Å². The number of ether oxygens (including phenoxy) is 1. The molecule has 1 aromatic rings. The molecule has 0 aliphatic carbocycles. The predicted octanol–water partition coefficient (Wildman–Crippen LogP) is 1.91. The molecule has 1 heterocycles. The molecule has 0 aromatic heterocycles. The molecule has 0 bridgehead atoms. The minimum absolute atomic E-state index is 0.122. The first kappa shape index (κ1) is 16.7. The van der Waals surface area contributed by atoms with Crippen molar-refractivity contribution in [2.24, 2.45) is 0 Å². The summed E-state index contributed by atoms with van der Waals surface area (Å²) < 4.78 is 33.1. The minimum atomic E-state index is -3.64. The Morgan fingerprint density at radius 3 is 2.81 bits per heavy atom. The van der Waals surface area contributed by atoms with Crippen molar-refractivity contribution in [1.82, 2.24) is 10.0 Å². The van der Waals surface area contributed by atoms with Gasteiger partial charge in [0, 0.05) is 13.2 Å². The smallest absolute Gasteiger partial charge is 0.242 e. The molecule has 7 heteroatoms. The lowest BCUT2D eigenvalue weighted by molar-refractivity contribution is 0.117. The van der Waals surface area contributed by atoms with Gasteiger partial charge in [-0.15, -0.1) is 0 Å². The van der Waals surface area contributed by atoms with Gasteiger partial charge in [0.2, 0.25) is 10.0 Å². The van der Waals surface area contributed by atoms with Crippen molar-refractivity contribution < 1.29 is 13.2 Å². The number of rotatable bonds is 6. The summed E-state index contributed by atoms with van der Waals surface area (Å²) in [5, 5.41) is 3.40. The maximum atomic E-state index is 12.5. The van der Waals surface area contributed by atoms with Crippen molar-refractivity contribution in [3.8, 4) is 0 Å². The van der Waals surface area contributed by atoms with Crippen LogP contribution in [-0.4, -0.2) is 33.7 Å². The molecule has 1 fully saturated rings. The Labute approximate surface area is 131 Å². The highest BCUT2D eigenvalue weighted by Crippen LogP contribution is 2.24. The molecule has 0 amide bonds. The van der Waals surface area contributed by atoms with Crippen LogP contribution in [0.15, 0.2) is 23.1 Å². The van der Waals surface area contributed by atoms with Crippen LogP contribution in [0, 0.1) is 0 Å². The molecule has 0 radical (unpaired) electrons. The zero-order valence-electron chi connectivity index (χ0n) is 12.2. The van der Waals surface area contributed by atoms with Gasteiger partial charge in [0.25, 0.3) is 0 Å². The van der Waals surface area contributed by atoms with E-state index in [0.29, 0.717) is 19.6 Å². The standard InChI is InChI=1S/C14H21ClN2O3S/c1-3-16-9-11-4-5-12(15)14(8-11)21(18,19)17-13-6-7-20-10(13)2/h4-5,8,10,13,16-17H,3,6-7,9H2,1-2H3. The fourth-order valence-electron chi connectivity index (χ4n) is 2.28. The van der Waals surface area contributed by atoms with Crippen LogP contribution in [0.4, 0.5) is 0 Å². The van der Waals surface area contributed by atoms with Gasteiger partial charge in [-0.3, -0.25) is 0 Å². The van der Waals surface area contributed by atoms with Gasteiger partial charge in [0.05, 0.1) is 17.2 Å². The molecule has 118 valence electrons. The number of nitrogens with one attached hydrogen (secondary N) is 2. The Morgan fingerprint density at radius 2 is 2.19 bits per heavy atom. The summed E-state index contributed by atoms with van der Waals surface area (Å²) in [6, 6.07) is 4.86. The van der Waals surface area contributed by atoms with E-state index in [0.717, 1.165) is 12.1 Å². The molecular weight excluding hydrogens is 312 g/mol. The number of halogens is 1. The highest BCUT2D eigenvalue weighted by Gasteiger charge is 2.30. The van der Waals surface area contributed by atoms with E-state index in [-0.39, 0.29) is 22.1 Å². The molecule has 1 aliphatic heterocycles. The van der Waals surface area contributed by atoms with E-state index < -0.39 is 10.0 Å². The molecule has 0 saturated carbocycles. The third-order valence-electron chi connectivity index (χ3n) is 3.55. The normalized spacial score (nSPS) is 22.6. The van der Waals surface area contributed by atoms with Crippen molar-refractivity contribution in [1.29, 1.82) is 0 Å². The first-order valence-electron chi connectivity index (χ1n) is 7.07. The minimum Gasteiger partial charge on any atom is -0.377 e. The van der Waals surface area contributed by atoms with E-state index in [4.69, 9.17) is 16.3 Å². The van der Waals surface area contributed by atoms with Crippen molar-refractivity contribution in [3.63, 3.8) is 0 Å². The number of hydrogen-bond donors (Lipinski definition) is 2. The second kappa shape index (κ2) is 7.07. The maximum absolute atomic E-state index is 12.5. The number of benzene rings is 1.